The second-order valence-electron chi connectivity index (χ2n) is 6.42. The number of fused-ring (bicyclic) bond motifs is 1. The minimum atomic E-state index is -0.289. The fourth-order valence-electron chi connectivity index (χ4n) is 2.89. The number of hydrogen-bond donors (Lipinski definition) is 2. The van der Waals surface area contributed by atoms with Gasteiger partial charge in [-0.1, -0.05) is 43.3 Å². The molecule has 0 spiro atoms. The summed E-state index contributed by atoms with van der Waals surface area (Å²) >= 11 is 0. The van der Waals surface area contributed by atoms with Gasteiger partial charge in [0.2, 0.25) is 0 Å². The lowest BCUT2D eigenvalue weighted by Gasteiger charge is -2.27. The average molecular weight is 290 g/mol. The molecule has 2 rings (SSSR count). The number of aryl methyl sites for hydroxylation is 1. The quantitative estimate of drug-likeness (QED) is 0.276. The van der Waals surface area contributed by atoms with E-state index in [0.29, 0.717) is 6.61 Å². The summed E-state index contributed by atoms with van der Waals surface area (Å²) in [4.78, 5) is 0. The zero-order valence-electron chi connectivity index (χ0n) is 13.0. The highest BCUT2D eigenvalue weighted by atomic mass is 16.5. The molecule has 0 aromatic heterocycles. The molecule has 1 atom stereocenters. The summed E-state index contributed by atoms with van der Waals surface area (Å²) in [6, 6.07) is 8.56. The van der Waals surface area contributed by atoms with Crippen molar-refractivity contribution in [1.29, 1.82) is 0 Å². The van der Waals surface area contributed by atoms with Gasteiger partial charge in [0.25, 0.3) is 0 Å². The number of hydrogen-bond acceptors (Lipinski definition) is 3. The number of nitrogens with zero attached hydrogens (tertiary/aromatic N) is 1. The Morgan fingerprint density at radius 3 is 2.95 bits per heavy atom. The van der Waals surface area contributed by atoms with E-state index in [-0.39, 0.29) is 17.4 Å². The van der Waals surface area contributed by atoms with E-state index in [0.717, 1.165) is 25.7 Å². The first-order chi connectivity index (χ1) is 10.0. The lowest BCUT2D eigenvalue weighted by molar-refractivity contribution is 0.0360. The number of oxime groups is 1. The Labute approximate surface area is 127 Å². The van der Waals surface area contributed by atoms with E-state index in [9.17, 15) is 0 Å². The molecular formula is C17H26N2O2. The molecule has 0 heterocycles. The molecule has 4 heteroatoms. The van der Waals surface area contributed by atoms with Crippen LogP contribution in [0.3, 0.4) is 0 Å². The molecule has 0 bridgehead atoms. The third-order valence-electron chi connectivity index (χ3n) is 4.38. The summed E-state index contributed by atoms with van der Waals surface area (Å²) in [7, 11) is 0. The van der Waals surface area contributed by atoms with Gasteiger partial charge in [0, 0.05) is 12.0 Å². The first kappa shape index (κ1) is 15.8. The van der Waals surface area contributed by atoms with Crippen LogP contribution < -0.4 is 5.73 Å². The zero-order valence-corrected chi connectivity index (χ0v) is 13.0. The summed E-state index contributed by atoms with van der Waals surface area (Å²) in [5.41, 5.74) is 8.18. The molecule has 116 valence electrons. The minimum absolute atomic E-state index is 0.224. The van der Waals surface area contributed by atoms with Crippen LogP contribution in [0.4, 0.5) is 0 Å². The van der Waals surface area contributed by atoms with E-state index in [1.807, 2.05) is 13.8 Å². The Kier molecular flexibility index (Phi) is 5.23. The highest BCUT2D eigenvalue weighted by Crippen LogP contribution is 2.32. The van der Waals surface area contributed by atoms with Gasteiger partial charge in [-0.2, -0.15) is 0 Å². The van der Waals surface area contributed by atoms with Crippen molar-refractivity contribution in [2.45, 2.75) is 52.1 Å². The number of amidine groups is 1. The molecule has 4 nitrogen and oxygen atoms in total. The molecule has 0 aliphatic heterocycles. The largest absolute Gasteiger partial charge is 0.409 e. The molecule has 1 aliphatic rings. The van der Waals surface area contributed by atoms with Crippen molar-refractivity contribution in [3.63, 3.8) is 0 Å². The van der Waals surface area contributed by atoms with Gasteiger partial charge in [-0.05, 0) is 43.2 Å². The van der Waals surface area contributed by atoms with Gasteiger partial charge in [-0.25, -0.2) is 0 Å². The Bertz CT molecular complexity index is 497. The molecule has 1 aromatic rings. The normalized spacial score (nSPS) is 19.3. The Hall–Kier alpha value is -1.55. The number of ether oxygens (including phenoxy) is 1. The SMILES string of the molecule is CC(C)(CCCOC1CCCc2ccccc21)C(N)=NO. The average Bonchev–Trinajstić information content (AvgIpc) is 2.50. The maximum Gasteiger partial charge on any atom is 0.144 e. The van der Waals surface area contributed by atoms with Gasteiger partial charge >= 0.3 is 0 Å². The van der Waals surface area contributed by atoms with Crippen LogP contribution in [0.2, 0.25) is 0 Å². The fourth-order valence-corrected chi connectivity index (χ4v) is 2.89. The first-order valence-corrected chi connectivity index (χ1v) is 7.72. The Balaban J connectivity index is 1.83. The predicted molar refractivity (Wildman–Crippen MR) is 84.5 cm³/mol. The maximum atomic E-state index is 8.77. The summed E-state index contributed by atoms with van der Waals surface area (Å²) in [5.74, 6) is 0.283. The van der Waals surface area contributed by atoms with Crippen LogP contribution in [0.25, 0.3) is 0 Å². The van der Waals surface area contributed by atoms with Gasteiger partial charge in [0.15, 0.2) is 0 Å². The van der Waals surface area contributed by atoms with Gasteiger partial charge in [0.05, 0.1) is 6.10 Å². The summed E-state index contributed by atoms with van der Waals surface area (Å²) in [6.45, 7) is 4.68. The van der Waals surface area contributed by atoms with Crippen LogP contribution in [-0.2, 0) is 11.2 Å². The van der Waals surface area contributed by atoms with E-state index in [2.05, 4.69) is 29.4 Å². The highest BCUT2D eigenvalue weighted by molar-refractivity contribution is 5.85. The summed E-state index contributed by atoms with van der Waals surface area (Å²) in [6.07, 6.45) is 5.42. The number of benzene rings is 1. The molecule has 0 fully saturated rings. The fraction of sp³-hybridized carbons (Fsp3) is 0.588. The smallest absolute Gasteiger partial charge is 0.144 e. The Morgan fingerprint density at radius 1 is 1.43 bits per heavy atom. The summed E-state index contributed by atoms with van der Waals surface area (Å²) in [5, 5.41) is 11.9. The van der Waals surface area contributed by atoms with Crippen LogP contribution >= 0.6 is 0 Å². The van der Waals surface area contributed by atoms with E-state index in [1.54, 1.807) is 0 Å². The van der Waals surface area contributed by atoms with E-state index in [4.69, 9.17) is 15.7 Å². The maximum absolute atomic E-state index is 8.77. The first-order valence-electron chi connectivity index (χ1n) is 7.72. The molecule has 1 aliphatic carbocycles. The van der Waals surface area contributed by atoms with Crippen molar-refractivity contribution in [1.82, 2.24) is 0 Å². The van der Waals surface area contributed by atoms with Gasteiger partial charge < -0.3 is 15.7 Å². The van der Waals surface area contributed by atoms with Crippen LogP contribution in [-0.4, -0.2) is 17.6 Å². The van der Waals surface area contributed by atoms with Crippen LogP contribution in [0, 0.1) is 5.41 Å². The molecule has 3 N–H and O–H groups in total. The van der Waals surface area contributed by atoms with E-state index < -0.39 is 0 Å². The number of rotatable bonds is 6. The molecule has 0 amide bonds. The molecule has 1 aromatic carbocycles. The van der Waals surface area contributed by atoms with Crippen LogP contribution in [0.1, 0.15) is 56.8 Å². The lowest BCUT2D eigenvalue weighted by atomic mass is 9.86. The minimum Gasteiger partial charge on any atom is -0.409 e. The van der Waals surface area contributed by atoms with Crippen molar-refractivity contribution >= 4 is 5.84 Å². The monoisotopic (exact) mass is 290 g/mol. The third-order valence-corrected chi connectivity index (χ3v) is 4.38. The number of nitrogens with two attached hydrogens (primary N) is 1. The second-order valence-corrected chi connectivity index (χ2v) is 6.42. The van der Waals surface area contributed by atoms with Gasteiger partial charge in [-0.3, -0.25) is 0 Å². The lowest BCUT2D eigenvalue weighted by Crippen LogP contribution is -2.32. The summed E-state index contributed by atoms with van der Waals surface area (Å²) < 4.78 is 6.08. The van der Waals surface area contributed by atoms with Crippen molar-refractivity contribution in [2.24, 2.45) is 16.3 Å². The highest BCUT2D eigenvalue weighted by Gasteiger charge is 2.24. The zero-order chi connectivity index (χ0) is 15.3. The van der Waals surface area contributed by atoms with Crippen molar-refractivity contribution in [3.05, 3.63) is 35.4 Å². The van der Waals surface area contributed by atoms with Gasteiger partial charge in [0.1, 0.15) is 5.84 Å². The van der Waals surface area contributed by atoms with Crippen LogP contribution in [0.5, 0.6) is 0 Å². The van der Waals surface area contributed by atoms with Gasteiger partial charge in [-0.15, -0.1) is 0 Å². The molecule has 0 saturated carbocycles. The molecule has 21 heavy (non-hydrogen) atoms. The molecule has 0 saturated heterocycles. The van der Waals surface area contributed by atoms with E-state index in [1.165, 1.54) is 17.5 Å². The topological polar surface area (TPSA) is 67.8 Å². The predicted octanol–water partition coefficient (Wildman–Crippen LogP) is 3.63. The molecule has 0 radical (unpaired) electrons. The molecule has 1 unspecified atom stereocenters. The van der Waals surface area contributed by atoms with Crippen molar-refractivity contribution in [2.75, 3.05) is 6.61 Å². The third kappa shape index (κ3) is 3.97. The van der Waals surface area contributed by atoms with Crippen molar-refractivity contribution in [3.8, 4) is 0 Å². The van der Waals surface area contributed by atoms with E-state index >= 15 is 0 Å². The second kappa shape index (κ2) is 6.94. The Morgan fingerprint density at radius 2 is 2.19 bits per heavy atom. The standard InChI is InChI=1S/C17H26N2O2/c1-17(2,16(18)19-20)11-6-12-21-15-10-5-8-13-7-3-4-9-14(13)15/h3-4,7,9,15,20H,5-6,8,10-12H2,1-2H3,(H2,18,19). The van der Waals surface area contributed by atoms with Crippen LogP contribution in [0.15, 0.2) is 29.4 Å². The van der Waals surface area contributed by atoms with Crippen molar-refractivity contribution < 1.29 is 9.94 Å². The molecular weight excluding hydrogens is 264 g/mol.